The number of Topliss-reactive ketones (excluding diaryl/α,β-unsaturated/α-hetero) is 1. The number of ether oxygens (including phenoxy) is 2. The fourth-order valence-electron chi connectivity index (χ4n) is 4.63. The van der Waals surface area contributed by atoms with E-state index in [1.54, 1.807) is 4.90 Å². The van der Waals surface area contributed by atoms with E-state index in [2.05, 4.69) is 0 Å². The van der Waals surface area contributed by atoms with E-state index in [9.17, 15) is 23.2 Å². The Morgan fingerprint density at radius 1 is 1.14 bits per heavy atom. The Hall–Kier alpha value is -3.85. The lowest BCUT2D eigenvalue weighted by Gasteiger charge is -2.34. The van der Waals surface area contributed by atoms with Gasteiger partial charge in [-0.3, -0.25) is 14.4 Å². The van der Waals surface area contributed by atoms with Gasteiger partial charge in [-0.2, -0.15) is 0 Å². The monoisotopic (exact) mass is 494 g/mol. The van der Waals surface area contributed by atoms with Gasteiger partial charge in [-0.05, 0) is 30.5 Å². The molecule has 2 aliphatic rings. The molecule has 36 heavy (non-hydrogen) atoms. The van der Waals surface area contributed by atoms with E-state index in [-0.39, 0.29) is 54.6 Å². The van der Waals surface area contributed by atoms with Gasteiger partial charge in [-0.25, -0.2) is 8.78 Å². The van der Waals surface area contributed by atoms with Crippen LogP contribution in [0.5, 0.6) is 5.75 Å². The molecule has 0 unspecified atom stereocenters. The second kappa shape index (κ2) is 9.66. The highest BCUT2D eigenvalue weighted by Gasteiger charge is 2.43. The first-order chi connectivity index (χ1) is 17.3. The van der Waals surface area contributed by atoms with Gasteiger partial charge in [0.1, 0.15) is 18.2 Å². The summed E-state index contributed by atoms with van der Waals surface area (Å²) in [5.74, 6) is -2.59. The summed E-state index contributed by atoms with van der Waals surface area (Å²) < 4.78 is 40.4. The van der Waals surface area contributed by atoms with Crippen molar-refractivity contribution in [1.82, 2.24) is 9.47 Å². The molecule has 1 amide bonds. The number of rotatable bonds is 7. The third kappa shape index (κ3) is 4.42. The molecule has 0 saturated carbocycles. The van der Waals surface area contributed by atoms with Gasteiger partial charge in [0.2, 0.25) is 5.43 Å². The SMILES string of the molecule is C[C@@H]1CO[C@H]2Cn3cc(C(=O)CCc4ccc(F)cc4F)c(=O)c(OCc4ccccc4)c3C(=O)N12. The van der Waals surface area contributed by atoms with Crippen LogP contribution < -0.4 is 10.2 Å². The summed E-state index contributed by atoms with van der Waals surface area (Å²) in [5, 5.41) is 0. The molecule has 0 bridgehead atoms. The van der Waals surface area contributed by atoms with Crippen LogP contribution in [0.3, 0.4) is 0 Å². The summed E-state index contributed by atoms with van der Waals surface area (Å²) in [6, 6.07) is 12.1. The Morgan fingerprint density at radius 2 is 1.92 bits per heavy atom. The van der Waals surface area contributed by atoms with Crippen molar-refractivity contribution in [2.24, 2.45) is 0 Å². The average Bonchev–Trinajstić information content (AvgIpc) is 3.24. The van der Waals surface area contributed by atoms with Crippen LogP contribution in [0.1, 0.15) is 45.3 Å². The van der Waals surface area contributed by atoms with Crippen LogP contribution in [0.4, 0.5) is 8.78 Å². The van der Waals surface area contributed by atoms with Crippen LogP contribution in [0.25, 0.3) is 0 Å². The molecule has 3 aromatic rings. The number of benzene rings is 2. The van der Waals surface area contributed by atoms with Crippen molar-refractivity contribution in [3.63, 3.8) is 0 Å². The Labute approximate surface area is 205 Å². The fraction of sp³-hybridized carbons (Fsp3) is 0.296. The zero-order valence-electron chi connectivity index (χ0n) is 19.6. The largest absolute Gasteiger partial charge is 0.483 e. The number of carbonyl (C=O) groups is 2. The van der Waals surface area contributed by atoms with E-state index in [1.807, 2.05) is 37.3 Å². The zero-order valence-corrected chi connectivity index (χ0v) is 19.6. The van der Waals surface area contributed by atoms with Crippen LogP contribution >= 0.6 is 0 Å². The van der Waals surface area contributed by atoms with Gasteiger partial charge < -0.3 is 18.9 Å². The van der Waals surface area contributed by atoms with Crippen LogP contribution in [0.15, 0.2) is 59.5 Å². The van der Waals surface area contributed by atoms with Gasteiger partial charge >= 0.3 is 0 Å². The normalized spacial score (nSPS) is 18.6. The number of nitrogens with zero attached hydrogens (tertiary/aromatic N) is 2. The Balaban J connectivity index is 1.50. The van der Waals surface area contributed by atoms with Crippen molar-refractivity contribution in [3.8, 4) is 5.75 Å². The van der Waals surface area contributed by atoms with Gasteiger partial charge in [-0.1, -0.05) is 36.4 Å². The van der Waals surface area contributed by atoms with Crippen molar-refractivity contribution >= 4 is 11.7 Å². The summed E-state index contributed by atoms with van der Waals surface area (Å²) in [5.41, 5.74) is 0.185. The molecule has 2 aromatic carbocycles. The first-order valence-electron chi connectivity index (χ1n) is 11.7. The molecule has 0 N–H and O–H groups in total. The first-order valence-corrected chi connectivity index (χ1v) is 11.7. The van der Waals surface area contributed by atoms with Crippen LogP contribution in [-0.4, -0.2) is 40.0 Å². The number of pyridine rings is 1. The van der Waals surface area contributed by atoms with Gasteiger partial charge in [-0.15, -0.1) is 0 Å². The zero-order chi connectivity index (χ0) is 25.4. The number of fused-ring (bicyclic) bond motifs is 2. The minimum absolute atomic E-state index is 0.0116. The van der Waals surface area contributed by atoms with Gasteiger partial charge in [0.25, 0.3) is 5.91 Å². The lowest BCUT2D eigenvalue weighted by Crippen LogP contribution is -2.49. The third-order valence-corrected chi connectivity index (χ3v) is 6.51. The summed E-state index contributed by atoms with van der Waals surface area (Å²) in [7, 11) is 0. The highest BCUT2D eigenvalue weighted by molar-refractivity contribution is 6.00. The van der Waals surface area contributed by atoms with Crippen LogP contribution in [0.2, 0.25) is 0 Å². The predicted octanol–water partition coefficient (Wildman–Crippen LogP) is 3.72. The molecule has 9 heteroatoms. The van der Waals surface area contributed by atoms with Gasteiger partial charge in [0.05, 0.1) is 24.8 Å². The first kappa shape index (κ1) is 23.9. The molecular formula is C27H24F2N2O5. The van der Waals surface area contributed by atoms with E-state index in [0.29, 0.717) is 6.61 Å². The quantitative estimate of drug-likeness (QED) is 0.468. The number of aromatic nitrogens is 1. The lowest BCUT2D eigenvalue weighted by molar-refractivity contribution is 0.00604. The topological polar surface area (TPSA) is 77.8 Å². The van der Waals surface area contributed by atoms with E-state index in [4.69, 9.17) is 9.47 Å². The second-order valence-corrected chi connectivity index (χ2v) is 8.98. The van der Waals surface area contributed by atoms with Gasteiger partial charge in [0.15, 0.2) is 23.5 Å². The Kier molecular flexibility index (Phi) is 6.40. The number of hydrogen-bond donors (Lipinski definition) is 0. The second-order valence-electron chi connectivity index (χ2n) is 8.98. The molecule has 0 radical (unpaired) electrons. The molecule has 186 valence electrons. The molecule has 1 fully saturated rings. The smallest absolute Gasteiger partial charge is 0.276 e. The molecule has 1 saturated heterocycles. The number of aryl methyl sites for hydroxylation is 1. The number of amides is 1. The van der Waals surface area contributed by atoms with Gasteiger partial charge in [0, 0.05) is 18.7 Å². The highest BCUT2D eigenvalue weighted by Crippen LogP contribution is 2.30. The molecule has 5 rings (SSSR count). The van der Waals surface area contributed by atoms with E-state index in [1.165, 1.54) is 16.8 Å². The molecule has 1 aromatic heterocycles. The van der Waals surface area contributed by atoms with Crippen LogP contribution in [-0.2, 0) is 24.3 Å². The fourth-order valence-corrected chi connectivity index (χ4v) is 4.63. The van der Waals surface area contributed by atoms with E-state index < -0.39 is 35.0 Å². The number of carbonyl (C=O) groups excluding carboxylic acids is 2. The summed E-state index contributed by atoms with van der Waals surface area (Å²) in [4.78, 5) is 41.5. The van der Waals surface area contributed by atoms with Crippen molar-refractivity contribution in [2.45, 2.75) is 45.2 Å². The van der Waals surface area contributed by atoms with Crippen molar-refractivity contribution in [2.75, 3.05) is 6.61 Å². The maximum absolute atomic E-state index is 14.0. The highest BCUT2D eigenvalue weighted by atomic mass is 19.1. The van der Waals surface area contributed by atoms with Crippen molar-refractivity contribution in [1.29, 1.82) is 0 Å². The third-order valence-electron chi connectivity index (χ3n) is 6.51. The minimum Gasteiger partial charge on any atom is -0.483 e. The number of hydrogen-bond acceptors (Lipinski definition) is 5. The lowest BCUT2D eigenvalue weighted by atomic mass is 10.0. The molecule has 0 spiro atoms. The minimum atomic E-state index is -0.755. The molecule has 2 aliphatic heterocycles. The van der Waals surface area contributed by atoms with Crippen molar-refractivity contribution < 1.29 is 27.8 Å². The average molecular weight is 494 g/mol. The maximum Gasteiger partial charge on any atom is 0.276 e. The molecule has 2 atom stereocenters. The van der Waals surface area contributed by atoms with E-state index >= 15 is 0 Å². The molecular weight excluding hydrogens is 470 g/mol. The Morgan fingerprint density at radius 3 is 2.67 bits per heavy atom. The molecule has 0 aliphatic carbocycles. The summed E-state index contributed by atoms with van der Waals surface area (Å²) >= 11 is 0. The Bertz CT molecular complexity index is 1390. The summed E-state index contributed by atoms with van der Waals surface area (Å²) in [6.45, 7) is 2.50. The van der Waals surface area contributed by atoms with E-state index in [0.717, 1.165) is 17.7 Å². The number of halogens is 2. The summed E-state index contributed by atoms with van der Waals surface area (Å²) in [6.07, 6.45) is 0.660. The maximum atomic E-state index is 14.0. The number of ketones is 1. The standard InChI is InChI=1S/C27H24F2N2O5/c1-16-14-35-23-13-30-12-20(22(32)10-8-18-7-9-19(28)11-21(18)29)25(33)26(24(30)27(34)31(16)23)36-15-17-5-3-2-4-6-17/h2-7,9,11-12,16,23H,8,10,13-15H2,1H3/t16-,23+/m1/s1. The predicted molar refractivity (Wildman–Crippen MR) is 126 cm³/mol. The van der Waals surface area contributed by atoms with Crippen molar-refractivity contribution in [3.05, 3.63) is 99.0 Å². The van der Waals surface area contributed by atoms with Crippen LogP contribution in [0, 0.1) is 11.6 Å². The molecule has 7 nitrogen and oxygen atoms in total. The molecule has 3 heterocycles.